The van der Waals surface area contributed by atoms with Crippen LogP contribution in [0.5, 0.6) is 0 Å². The Labute approximate surface area is 161 Å². The number of likely N-dealkylation sites (N-methyl/N-ethyl adjacent to an activating group) is 1. The molecule has 0 amide bonds. The number of hydrogen-bond acceptors (Lipinski definition) is 2. The summed E-state index contributed by atoms with van der Waals surface area (Å²) in [6.07, 6.45) is 0.954. The van der Waals surface area contributed by atoms with Crippen LogP contribution in [0, 0.1) is 6.92 Å². The van der Waals surface area contributed by atoms with Crippen molar-refractivity contribution in [2.75, 3.05) is 7.05 Å². The highest BCUT2D eigenvalue weighted by molar-refractivity contribution is 6.01. The van der Waals surface area contributed by atoms with Gasteiger partial charge in [0.1, 0.15) is 5.84 Å². The van der Waals surface area contributed by atoms with Crippen molar-refractivity contribution in [2.45, 2.75) is 19.4 Å². The molecule has 3 aromatic rings. The third kappa shape index (κ3) is 3.51. The summed E-state index contributed by atoms with van der Waals surface area (Å²) >= 11 is 0. The van der Waals surface area contributed by atoms with E-state index in [1.165, 1.54) is 16.7 Å². The number of rotatable bonds is 2. The van der Waals surface area contributed by atoms with Crippen molar-refractivity contribution in [3.63, 3.8) is 0 Å². The molecule has 3 aromatic carbocycles. The molecule has 1 aliphatic heterocycles. The molecule has 1 atom stereocenters. The monoisotopic (exact) mass is 362 g/mol. The van der Waals surface area contributed by atoms with E-state index in [4.69, 9.17) is 4.99 Å². The SMILES string of the molecule is Cc1ccc(C2Cc3ccccc3N=C(c3ccccc3)N2C)cc1.Cl. The van der Waals surface area contributed by atoms with Gasteiger partial charge in [0.15, 0.2) is 0 Å². The molecular formula is C23H23ClN2. The van der Waals surface area contributed by atoms with Gasteiger partial charge in [-0.15, -0.1) is 12.4 Å². The number of aryl methyl sites for hydroxylation is 1. The molecule has 0 radical (unpaired) electrons. The van der Waals surface area contributed by atoms with Crippen LogP contribution in [0.3, 0.4) is 0 Å². The van der Waals surface area contributed by atoms with Crippen molar-refractivity contribution in [1.82, 2.24) is 4.90 Å². The average Bonchev–Trinajstić information content (AvgIpc) is 2.80. The van der Waals surface area contributed by atoms with Gasteiger partial charge in [-0.1, -0.05) is 78.4 Å². The summed E-state index contributed by atoms with van der Waals surface area (Å²) in [4.78, 5) is 7.35. The molecule has 0 aromatic heterocycles. The minimum Gasteiger partial charge on any atom is -0.352 e. The maximum absolute atomic E-state index is 5.03. The molecular weight excluding hydrogens is 340 g/mol. The van der Waals surface area contributed by atoms with Gasteiger partial charge in [0, 0.05) is 12.6 Å². The molecule has 4 rings (SSSR count). The van der Waals surface area contributed by atoms with Crippen LogP contribution < -0.4 is 0 Å². The maximum atomic E-state index is 5.03. The van der Waals surface area contributed by atoms with Crippen molar-refractivity contribution < 1.29 is 0 Å². The smallest absolute Gasteiger partial charge is 0.136 e. The van der Waals surface area contributed by atoms with Gasteiger partial charge in [0.05, 0.1) is 11.7 Å². The van der Waals surface area contributed by atoms with Gasteiger partial charge in [-0.2, -0.15) is 0 Å². The topological polar surface area (TPSA) is 15.6 Å². The highest BCUT2D eigenvalue weighted by Gasteiger charge is 2.25. The maximum Gasteiger partial charge on any atom is 0.136 e. The number of hydrogen-bond donors (Lipinski definition) is 0. The Kier molecular flexibility index (Phi) is 5.43. The minimum absolute atomic E-state index is 0. The summed E-state index contributed by atoms with van der Waals surface area (Å²) in [6.45, 7) is 2.13. The van der Waals surface area contributed by atoms with E-state index in [9.17, 15) is 0 Å². The Hall–Kier alpha value is -2.58. The first-order valence-corrected chi connectivity index (χ1v) is 8.74. The summed E-state index contributed by atoms with van der Waals surface area (Å²) in [5.74, 6) is 1.02. The second-order valence-electron chi connectivity index (χ2n) is 6.67. The van der Waals surface area contributed by atoms with Gasteiger partial charge >= 0.3 is 0 Å². The summed E-state index contributed by atoms with van der Waals surface area (Å²) in [5, 5.41) is 0. The van der Waals surface area contributed by atoms with Crippen LogP contribution in [-0.2, 0) is 6.42 Å². The zero-order valence-corrected chi connectivity index (χ0v) is 15.9. The largest absolute Gasteiger partial charge is 0.352 e. The normalized spacial score (nSPS) is 16.2. The van der Waals surface area contributed by atoms with Crippen LogP contribution >= 0.6 is 12.4 Å². The van der Waals surface area contributed by atoms with E-state index >= 15 is 0 Å². The van der Waals surface area contributed by atoms with Crippen molar-refractivity contribution >= 4 is 23.9 Å². The molecule has 1 aliphatic rings. The van der Waals surface area contributed by atoms with Crippen LogP contribution in [-0.4, -0.2) is 17.8 Å². The lowest BCUT2D eigenvalue weighted by molar-refractivity contribution is 0.377. The van der Waals surface area contributed by atoms with E-state index in [1.54, 1.807) is 0 Å². The Morgan fingerprint density at radius 3 is 2.23 bits per heavy atom. The third-order valence-electron chi connectivity index (χ3n) is 4.93. The fraction of sp³-hybridized carbons (Fsp3) is 0.174. The first-order valence-electron chi connectivity index (χ1n) is 8.74. The van der Waals surface area contributed by atoms with Gasteiger partial charge in [0.25, 0.3) is 0 Å². The van der Waals surface area contributed by atoms with Crippen molar-refractivity contribution in [2.24, 2.45) is 4.99 Å². The highest BCUT2D eigenvalue weighted by Crippen LogP contribution is 2.34. The number of aliphatic imine (C=N–C) groups is 1. The van der Waals surface area contributed by atoms with E-state index in [2.05, 4.69) is 91.7 Å². The van der Waals surface area contributed by atoms with Crippen molar-refractivity contribution in [3.8, 4) is 0 Å². The fourth-order valence-electron chi connectivity index (χ4n) is 3.46. The molecule has 0 saturated heterocycles. The average molecular weight is 363 g/mol. The molecule has 26 heavy (non-hydrogen) atoms. The van der Waals surface area contributed by atoms with Gasteiger partial charge in [-0.3, -0.25) is 0 Å². The Morgan fingerprint density at radius 1 is 0.846 bits per heavy atom. The molecule has 132 valence electrons. The summed E-state index contributed by atoms with van der Waals surface area (Å²) in [5.41, 5.74) is 6.14. The lowest BCUT2D eigenvalue weighted by Crippen LogP contribution is -2.32. The van der Waals surface area contributed by atoms with Crippen molar-refractivity contribution in [3.05, 3.63) is 101 Å². The fourth-order valence-corrected chi connectivity index (χ4v) is 3.46. The van der Waals surface area contributed by atoms with E-state index in [-0.39, 0.29) is 18.4 Å². The molecule has 1 heterocycles. The summed E-state index contributed by atoms with van der Waals surface area (Å²) in [7, 11) is 2.15. The summed E-state index contributed by atoms with van der Waals surface area (Å²) < 4.78 is 0. The van der Waals surface area contributed by atoms with Crippen LogP contribution in [0.4, 0.5) is 5.69 Å². The molecule has 1 unspecified atom stereocenters. The Morgan fingerprint density at radius 2 is 1.50 bits per heavy atom. The second-order valence-corrected chi connectivity index (χ2v) is 6.67. The number of halogens is 1. The van der Waals surface area contributed by atoms with E-state index < -0.39 is 0 Å². The molecule has 0 N–H and O–H groups in total. The second kappa shape index (κ2) is 7.76. The third-order valence-corrected chi connectivity index (χ3v) is 4.93. The molecule has 2 nitrogen and oxygen atoms in total. The lowest BCUT2D eigenvalue weighted by atomic mass is 9.96. The number of benzene rings is 3. The number of amidine groups is 1. The number of fused-ring (bicyclic) bond motifs is 1. The van der Waals surface area contributed by atoms with Gasteiger partial charge in [-0.05, 0) is 30.5 Å². The van der Waals surface area contributed by atoms with E-state index in [1.807, 2.05) is 6.07 Å². The Balaban J connectivity index is 0.00000196. The van der Waals surface area contributed by atoms with Gasteiger partial charge < -0.3 is 4.90 Å². The zero-order chi connectivity index (χ0) is 17.2. The van der Waals surface area contributed by atoms with E-state index in [0.29, 0.717) is 0 Å². The molecule has 0 fully saturated rings. The number of nitrogens with zero attached hydrogens (tertiary/aromatic N) is 2. The predicted molar refractivity (Wildman–Crippen MR) is 112 cm³/mol. The zero-order valence-electron chi connectivity index (χ0n) is 15.1. The molecule has 3 heteroatoms. The first kappa shape index (κ1) is 18.2. The molecule has 0 bridgehead atoms. The molecule has 0 spiro atoms. The molecule has 0 saturated carbocycles. The summed E-state index contributed by atoms with van der Waals surface area (Å²) in [6, 6.07) is 28.1. The first-order chi connectivity index (χ1) is 12.2. The van der Waals surface area contributed by atoms with Gasteiger partial charge in [0.2, 0.25) is 0 Å². The standard InChI is InChI=1S/C23H22N2.ClH/c1-17-12-14-18(15-13-17)22-16-20-10-6-7-11-21(20)24-23(25(22)2)19-8-4-3-5-9-19;/h3-15,22H,16H2,1-2H3;1H. The Bertz CT molecular complexity index is 901. The lowest BCUT2D eigenvalue weighted by Gasteiger charge is -2.30. The van der Waals surface area contributed by atoms with Crippen molar-refractivity contribution in [1.29, 1.82) is 0 Å². The van der Waals surface area contributed by atoms with Crippen LogP contribution in [0.2, 0.25) is 0 Å². The molecule has 0 aliphatic carbocycles. The van der Waals surface area contributed by atoms with Crippen LogP contribution in [0.1, 0.15) is 28.3 Å². The quantitative estimate of drug-likeness (QED) is 0.568. The van der Waals surface area contributed by atoms with Gasteiger partial charge in [-0.25, -0.2) is 4.99 Å². The predicted octanol–water partition coefficient (Wildman–Crippen LogP) is 5.72. The minimum atomic E-state index is 0. The van der Waals surface area contributed by atoms with Crippen LogP contribution in [0.25, 0.3) is 0 Å². The number of para-hydroxylation sites is 1. The van der Waals surface area contributed by atoms with Crippen LogP contribution in [0.15, 0.2) is 83.9 Å². The van der Waals surface area contributed by atoms with E-state index in [0.717, 1.165) is 23.5 Å². The highest BCUT2D eigenvalue weighted by atomic mass is 35.5.